The summed E-state index contributed by atoms with van der Waals surface area (Å²) in [4.78, 5) is 24.6. The van der Waals surface area contributed by atoms with E-state index in [9.17, 15) is 9.59 Å². The van der Waals surface area contributed by atoms with Gasteiger partial charge in [-0.15, -0.1) is 0 Å². The Morgan fingerprint density at radius 2 is 1.77 bits per heavy atom. The van der Waals surface area contributed by atoms with E-state index in [1.807, 2.05) is 36.4 Å². The lowest BCUT2D eigenvalue weighted by Crippen LogP contribution is -2.43. The molecule has 0 aliphatic heterocycles. The summed E-state index contributed by atoms with van der Waals surface area (Å²) >= 11 is 5.91. The summed E-state index contributed by atoms with van der Waals surface area (Å²) in [6.07, 6.45) is 4.79. The van der Waals surface area contributed by atoms with Crippen molar-refractivity contribution in [1.29, 1.82) is 0 Å². The van der Waals surface area contributed by atoms with Gasteiger partial charge in [-0.05, 0) is 55.0 Å². The van der Waals surface area contributed by atoms with Crippen LogP contribution in [0, 0.1) is 0 Å². The number of unbranched alkanes of at least 4 members (excludes halogenated alkanes) is 1. The minimum Gasteiger partial charge on any atom is -0.464 e. The van der Waals surface area contributed by atoms with Gasteiger partial charge in [-0.3, -0.25) is 4.79 Å². The highest BCUT2D eigenvalue weighted by Crippen LogP contribution is 2.12. The number of esters is 1. The number of aryl methyl sites for hydroxylation is 1. The van der Waals surface area contributed by atoms with Crippen molar-refractivity contribution in [2.75, 3.05) is 6.61 Å². The van der Waals surface area contributed by atoms with E-state index in [0.717, 1.165) is 30.4 Å². The molecule has 0 fully saturated rings. The van der Waals surface area contributed by atoms with Gasteiger partial charge in [-0.2, -0.15) is 5.10 Å². The first-order valence-electron chi connectivity index (χ1n) is 10.0. The number of ether oxygens (including phenoxy) is 1. The molecule has 3 N–H and O–H groups in total. The normalized spacial score (nSPS) is 11.9. The number of hydrogen-bond acceptors (Lipinski definition) is 5. The zero-order valence-corrected chi connectivity index (χ0v) is 17.9. The van der Waals surface area contributed by atoms with Crippen LogP contribution >= 0.6 is 11.6 Å². The van der Waals surface area contributed by atoms with Crippen LogP contribution in [0.2, 0.25) is 5.02 Å². The van der Waals surface area contributed by atoms with Gasteiger partial charge in [0, 0.05) is 17.9 Å². The van der Waals surface area contributed by atoms with Crippen molar-refractivity contribution in [2.24, 2.45) is 10.9 Å². The van der Waals surface area contributed by atoms with Gasteiger partial charge in [0.1, 0.15) is 6.04 Å². The van der Waals surface area contributed by atoms with Crippen molar-refractivity contribution in [1.82, 2.24) is 5.32 Å². The molecular formula is C23H28ClN3O3. The molecule has 0 aliphatic rings. The molecule has 1 atom stereocenters. The predicted molar refractivity (Wildman–Crippen MR) is 119 cm³/mol. The maximum absolute atomic E-state index is 12.4. The van der Waals surface area contributed by atoms with Crippen molar-refractivity contribution < 1.29 is 14.3 Å². The van der Waals surface area contributed by atoms with Gasteiger partial charge in [0.25, 0.3) is 0 Å². The molecular weight excluding hydrogens is 402 g/mol. The highest BCUT2D eigenvalue weighted by molar-refractivity contribution is 6.30. The number of hydrazone groups is 1. The average molecular weight is 430 g/mol. The SMILES string of the molecule is CCOC(=O)C(Cc1ccc(Cl)cc1)NC(=O)CCCCc1ccc(C=NN)cc1. The summed E-state index contributed by atoms with van der Waals surface area (Å²) in [5, 5.41) is 6.93. The molecule has 6 nitrogen and oxygen atoms in total. The Labute approximate surface area is 182 Å². The molecule has 0 spiro atoms. The molecule has 0 radical (unpaired) electrons. The van der Waals surface area contributed by atoms with Crippen LogP contribution in [0.25, 0.3) is 0 Å². The lowest BCUT2D eigenvalue weighted by molar-refractivity contribution is -0.147. The molecule has 2 aromatic carbocycles. The van der Waals surface area contributed by atoms with E-state index in [1.54, 1.807) is 25.3 Å². The molecule has 0 saturated heterocycles. The number of nitrogens with zero attached hydrogens (tertiary/aromatic N) is 1. The number of amides is 1. The summed E-state index contributed by atoms with van der Waals surface area (Å²) in [6.45, 7) is 2.01. The molecule has 0 bridgehead atoms. The maximum atomic E-state index is 12.4. The van der Waals surface area contributed by atoms with E-state index in [2.05, 4.69) is 10.4 Å². The van der Waals surface area contributed by atoms with E-state index >= 15 is 0 Å². The summed E-state index contributed by atoms with van der Waals surface area (Å²) in [7, 11) is 0. The van der Waals surface area contributed by atoms with Crippen LogP contribution in [-0.2, 0) is 27.2 Å². The minimum atomic E-state index is -0.713. The number of nitrogens with two attached hydrogens (primary N) is 1. The Bertz CT molecular complexity index is 836. The zero-order valence-electron chi connectivity index (χ0n) is 17.1. The first kappa shape index (κ1) is 23.4. The minimum absolute atomic E-state index is 0.156. The van der Waals surface area contributed by atoms with Crippen LogP contribution in [0.3, 0.4) is 0 Å². The van der Waals surface area contributed by atoms with Gasteiger partial charge in [0.15, 0.2) is 0 Å². The van der Waals surface area contributed by atoms with Gasteiger partial charge >= 0.3 is 5.97 Å². The van der Waals surface area contributed by atoms with E-state index in [-0.39, 0.29) is 12.5 Å². The second kappa shape index (κ2) is 12.6. The highest BCUT2D eigenvalue weighted by Gasteiger charge is 2.22. The van der Waals surface area contributed by atoms with Crippen molar-refractivity contribution in [2.45, 2.75) is 45.1 Å². The zero-order chi connectivity index (χ0) is 21.8. The van der Waals surface area contributed by atoms with E-state index < -0.39 is 12.0 Å². The standard InChI is InChI=1S/C23H28ClN3O3/c1-2-30-23(29)21(15-18-11-13-20(24)14-12-18)27-22(28)6-4-3-5-17-7-9-19(10-8-17)16-26-25/h7-14,16,21H,2-6,15,25H2,1H3,(H,27,28). The molecule has 0 saturated carbocycles. The first-order valence-corrected chi connectivity index (χ1v) is 10.4. The van der Waals surface area contributed by atoms with Gasteiger partial charge in [0.2, 0.25) is 5.91 Å². The van der Waals surface area contributed by atoms with Crippen LogP contribution in [-0.4, -0.2) is 30.7 Å². The fourth-order valence-electron chi connectivity index (χ4n) is 3.03. The number of rotatable bonds is 11. The average Bonchev–Trinajstić information content (AvgIpc) is 2.74. The lowest BCUT2D eigenvalue weighted by Gasteiger charge is -2.17. The summed E-state index contributed by atoms with van der Waals surface area (Å²) < 4.78 is 5.11. The number of carbonyl (C=O) groups excluding carboxylic acids is 2. The topological polar surface area (TPSA) is 93.8 Å². The predicted octanol–water partition coefficient (Wildman–Crippen LogP) is 3.64. The molecule has 160 valence electrons. The monoisotopic (exact) mass is 429 g/mol. The summed E-state index contributed by atoms with van der Waals surface area (Å²) in [5.41, 5.74) is 3.05. The van der Waals surface area contributed by atoms with Crippen molar-refractivity contribution >= 4 is 29.7 Å². The number of benzene rings is 2. The number of nitrogens with one attached hydrogen (secondary N) is 1. The molecule has 0 aromatic heterocycles. The van der Waals surface area contributed by atoms with Crippen LogP contribution in [0.5, 0.6) is 0 Å². The Balaban J connectivity index is 1.81. The second-order valence-corrected chi connectivity index (χ2v) is 7.37. The number of halogens is 1. The summed E-state index contributed by atoms with van der Waals surface area (Å²) in [5.74, 6) is 4.56. The number of carbonyl (C=O) groups is 2. The Morgan fingerprint density at radius 3 is 2.40 bits per heavy atom. The molecule has 1 unspecified atom stereocenters. The third-order valence-corrected chi connectivity index (χ3v) is 4.83. The molecule has 2 rings (SSSR count). The Kier molecular flexibility index (Phi) is 9.87. The maximum Gasteiger partial charge on any atom is 0.328 e. The molecule has 2 aromatic rings. The lowest BCUT2D eigenvalue weighted by atomic mass is 10.0. The van der Waals surface area contributed by atoms with Crippen LogP contribution in [0.1, 0.15) is 42.9 Å². The van der Waals surface area contributed by atoms with Crippen molar-refractivity contribution in [3.8, 4) is 0 Å². The molecule has 7 heteroatoms. The second-order valence-electron chi connectivity index (χ2n) is 6.93. The van der Waals surface area contributed by atoms with E-state index in [0.29, 0.717) is 17.9 Å². The van der Waals surface area contributed by atoms with E-state index in [4.69, 9.17) is 22.2 Å². The fourth-order valence-corrected chi connectivity index (χ4v) is 3.16. The quantitative estimate of drug-likeness (QED) is 0.187. The van der Waals surface area contributed by atoms with Crippen LogP contribution in [0.15, 0.2) is 53.6 Å². The third-order valence-electron chi connectivity index (χ3n) is 4.58. The molecule has 0 heterocycles. The Morgan fingerprint density at radius 1 is 1.10 bits per heavy atom. The Hall–Kier alpha value is -2.86. The fraction of sp³-hybridized carbons (Fsp3) is 0.348. The number of hydrogen-bond donors (Lipinski definition) is 2. The van der Waals surface area contributed by atoms with Crippen LogP contribution in [0.4, 0.5) is 0 Å². The largest absolute Gasteiger partial charge is 0.464 e. The van der Waals surface area contributed by atoms with Crippen molar-refractivity contribution in [3.63, 3.8) is 0 Å². The third kappa shape index (κ3) is 8.25. The molecule has 0 aliphatic carbocycles. The van der Waals surface area contributed by atoms with Gasteiger partial charge < -0.3 is 15.9 Å². The summed E-state index contributed by atoms with van der Waals surface area (Å²) in [6, 6.07) is 14.5. The van der Waals surface area contributed by atoms with Gasteiger partial charge in [-0.1, -0.05) is 48.0 Å². The first-order chi connectivity index (χ1) is 14.5. The van der Waals surface area contributed by atoms with Gasteiger partial charge in [-0.25, -0.2) is 4.79 Å². The molecule has 1 amide bonds. The van der Waals surface area contributed by atoms with Crippen molar-refractivity contribution in [3.05, 3.63) is 70.2 Å². The van der Waals surface area contributed by atoms with E-state index in [1.165, 1.54) is 5.56 Å². The smallest absolute Gasteiger partial charge is 0.328 e. The highest BCUT2D eigenvalue weighted by atomic mass is 35.5. The molecule has 30 heavy (non-hydrogen) atoms. The van der Waals surface area contributed by atoms with Gasteiger partial charge in [0.05, 0.1) is 12.8 Å². The van der Waals surface area contributed by atoms with Crippen LogP contribution < -0.4 is 11.2 Å².